The summed E-state index contributed by atoms with van der Waals surface area (Å²) in [4.78, 5) is 14.7. The fraction of sp³-hybridized carbons (Fsp3) is 0.611. The summed E-state index contributed by atoms with van der Waals surface area (Å²) >= 11 is 0. The maximum atomic E-state index is 12.7. The second-order valence-electron chi connectivity index (χ2n) is 6.67. The molecule has 2 fully saturated rings. The largest absolute Gasteiger partial charge is 0.497 e. The van der Waals surface area contributed by atoms with Crippen LogP contribution in [0.4, 0.5) is 0 Å². The van der Waals surface area contributed by atoms with E-state index in [0.717, 1.165) is 50.9 Å². The van der Waals surface area contributed by atoms with E-state index in [2.05, 4.69) is 17.0 Å². The van der Waals surface area contributed by atoms with Gasteiger partial charge >= 0.3 is 0 Å². The van der Waals surface area contributed by atoms with E-state index in [-0.39, 0.29) is 12.0 Å². The number of nitrogens with two attached hydrogens (primary N) is 1. The molecular weight excluding hydrogens is 276 g/mol. The molecule has 1 saturated carbocycles. The zero-order valence-corrected chi connectivity index (χ0v) is 13.3. The molecule has 4 nitrogen and oxygen atoms in total. The highest BCUT2D eigenvalue weighted by Gasteiger charge is 2.33. The molecule has 1 aliphatic heterocycles. The molecule has 0 bridgehead atoms. The number of carbonyl (C=O) groups excluding carboxylic acids is 1. The molecular formula is C18H26N2O2. The van der Waals surface area contributed by atoms with Gasteiger partial charge in [-0.05, 0) is 43.4 Å². The molecule has 1 aromatic rings. The first kappa shape index (κ1) is 15.3. The number of benzene rings is 1. The first-order valence-corrected chi connectivity index (χ1v) is 8.35. The Morgan fingerprint density at radius 1 is 1.23 bits per heavy atom. The average molecular weight is 302 g/mol. The van der Waals surface area contributed by atoms with E-state index in [1.165, 1.54) is 5.56 Å². The van der Waals surface area contributed by atoms with Gasteiger partial charge in [-0.3, -0.25) is 4.79 Å². The summed E-state index contributed by atoms with van der Waals surface area (Å²) in [5.41, 5.74) is 7.33. The maximum Gasteiger partial charge on any atom is 0.225 e. The van der Waals surface area contributed by atoms with Crippen LogP contribution in [0.1, 0.15) is 43.6 Å². The van der Waals surface area contributed by atoms with Gasteiger partial charge in [0.05, 0.1) is 7.11 Å². The standard InChI is InChI=1S/C18H26N2O2/c1-22-17-7-5-13(6-8-17)15-9-10-20(12-15)18(21)14-3-2-4-16(19)11-14/h5-8,14-16H,2-4,9-12,19H2,1H3/t14-,15+,16+/m0/s1. The van der Waals surface area contributed by atoms with Crippen molar-refractivity contribution in [1.29, 1.82) is 0 Å². The lowest BCUT2D eigenvalue weighted by atomic mass is 9.85. The minimum atomic E-state index is 0.151. The van der Waals surface area contributed by atoms with Crippen LogP contribution in [-0.2, 0) is 4.79 Å². The number of amides is 1. The number of likely N-dealkylation sites (tertiary alicyclic amines) is 1. The van der Waals surface area contributed by atoms with E-state index in [0.29, 0.717) is 11.8 Å². The van der Waals surface area contributed by atoms with Gasteiger partial charge in [0.1, 0.15) is 5.75 Å². The summed E-state index contributed by atoms with van der Waals surface area (Å²) in [6.45, 7) is 1.72. The molecule has 1 saturated heterocycles. The Balaban J connectivity index is 1.60. The molecule has 0 unspecified atom stereocenters. The van der Waals surface area contributed by atoms with Gasteiger partial charge in [0, 0.05) is 31.0 Å². The molecule has 3 rings (SSSR count). The molecule has 0 spiro atoms. The van der Waals surface area contributed by atoms with E-state index in [1.54, 1.807) is 7.11 Å². The molecule has 120 valence electrons. The zero-order chi connectivity index (χ0) is 15.5. The van der Waals surface area contributed by atoms with Gasteiger partial charge in [-0.15, -0.1) is 0 Å². The van der Waals surface area contributed by atoms with E-state index in [4.69, 9.17) is 10.5 Å². The van der Waals surface area contributed by atoms with Crippen LogP contribution in [0.2, 0.25) is 0 Å². The molecule has 1 aromatic carbocycles. The topological polar surface area (TPSA) is 55.6 Å². The maximum absolute atomic E-state index is 12.7. The lowest BCUT2D eigenvalue weighted by Crippen LogP contribution is -2.39. The number of ether oxygens (including phenoxy) is 1. The smallest absolute Gasteiger partial charge is 0.225 e. The van der Waals surface area contributed by atoms with E-state index in [9.17, 15) is 4.79 Å². The fourth-order valence-electron chi connectivity index (χ4n) is 3.82. The van der Waals surface area contributed by atoms with Gasteiger partial charge in [0.15, 0.2) is 0 Å². The Hall–Kier alpha value is -1.55. The second-order valence-corrected chi connectivity index (χ2v) is 6.67. The van der Waals surface area contributed by atoms with Gasteiger partial charge in [-0.1, -0.05) is 18.6 Å². The normalized spacial score (nSPS) is 28.6. The van der Waals surface area contributed by atoms with Crippen LogP contribution in [0.25, 0.3) is 0 Å². The van der Waals surface area contributed by atoms with Crippen molar-refractivity contribution in [2.45, 2.75) is 44.1 Å². The van der Waals surface area contributed by atoms with Crippen LogP contribution in [-0.4, -0.2) is 37.0 Å². The van der Waals surface area contributed by atoms with Crippen molar-refractivity contribution < 1.29 is 9.53 Å². The summed E-state index contributed by atoms with van der Waals surface area (Å²) < 4.78 is 5.20. The third-order valence-electron chi connectivity index (χ3n) is 5.15. The minimum Gasteiger partial charge on any atom is -0.497 e. The Bertz CT molecular complexity index is 514. The molecule has 0 radical (unpaired) electrons. The van der Waals surface area contributed by atoms with E-state index < -0.39 is 0 Å². The minimum absolute atomic E-state index is 0.151. The van der Waals surface area contributed by atoms with Crippen LogP contribution in [0, 0.1) is 5.92 Å². The molecule has 1 amide bonds. The highest BCUT2D eigenvalue weighted by atomic mass is 16.5. The average Bonchev–Trinajstić information content (AvgIpc) is 3.04. The Morgan fingerprint density at radius 3 is 2.68 bits per heavy atom. The molecule has 2 N–H and O–H groups in total. The van der Waals surface area contributed by atoms with Crippen molar-refractivity contribution in [3.05, 3.63) is 29.8 Å². The van der Waals surface area contributed by atoms with Gasteiger partial charge in [0.2, 0.25) is 5.91 Å². The van der Waals surface area contributed by atoms with Crippen LogP contribution in [0.3, 0.4) is 0 Å². The van der Waals surface area contributed by atoms with Gasteiger partial charge in [0.25, 0.3) is 0 Å². The SMILES string of the molecule is COc1ccc([C@@H]2CCN(C(=O)[C@H]3CCC[C@@H](N)C3)C2)cc1. The molecule has 0 aromatic heterocycles. The summed E-state index contributed by atoms with van der Waals surface area (Å²) in [6, 6.07) is 8.45. The van der Waals surface area contributed by atoms with E-state index >= 15 is 0 Å². The monoisotopic (exact) mass is 302 g/mol. The Labute approximate surface area is 132 Å². The van der Waals surface area contributed by atoms with Crippen LogP contribution >= 0.6 is 0 Å². The number of hydrogen-bond donors (Lipinski definition) is 1. The van der Waals surface area contributed by atoms with Crippen molar-refractivity contribution in [2.24, 2.45) is 11.7 Å². The van der Waals surface area contributed by atoms with Crippen LogP contribution < -0.4 is 10.5 Å². The fourth-order valence-corrected chi connectivity index (χ4v) is 3.82. The number of methoxy groups -OCH3 is 1. The van der Waals surface area contributed by atoms with E-state index in [1.807, 2.05) is 12.1 Å². The summed E-state index contributed by atoms with van der Waals surface area (Å²) in [5.74, 6) is 1.81. The van der Waals surface area contributed by atoms with Crippen molar-refractivity contribution >= 4 is 5.91 Å². The highest BCUT2D eigenvalue weighted by Crippen LogP contribution is 2.32. The Morgan fingerprint density at radius 2 is 2.00 bits per heavy atom. The second kappa shape index (κ2) is 6.69. The molecule has 1 heterocycles. The van der Waals surface area contributed by atoms with Gasteiger partial charge in [-0.25, -0.2) is 0 Å². The molecule has 2 aliphatic rings. The van der Waals surface area contributed by atoms with Crippen molar-refractivity contribution in [1.82, 2.24) is 4.90 Å². The quantitative estimate of drug-likeness (QED) is 0.933. The van der Waals surface area contributed by atoms with Gasteiger partial charge < -0.3 is 15.4 Å². The first-order valence-electron chi connectivity index (χ1n) is 8.35. The van der Waals surface area contributed by atoms with Crippen molar-refractivity contribution in [3.63, 3.8) is 0 Å². The molecule has 4 heteroatoms. The Kier molecular flexibility index (Phi) is 4.67. The lowest BCUT2D eigenvalue weighted by molar-refractivity contribution is -0.135. The number of carbonyl (C=O) groups is 1. The van der Waals surface area contributed by atoms with Crippen LogP contribution in [0.5, 0.6) is 5.75 Å². The highest BCUT2D eigenvalue weighted by molar-refractivity contribution is 5.79. The summed E-state index contributed by atoms with van der Waals surface area (Å²) in [7, 11) is 1.68. The first-order chi connectivity index (χ1) is 10.7. The summed E-state index contributed by atoms with van der Waals surface area (Å²) in [6.07, 6.45) is 5.08. The number of hydrogen-bond acceptors (Lipinski definition) is 3. The van der Waals surface area contributed by atoms with Crippen molar-refractivity contribution in [3.8, 4) is 5.75 Å². The third-order valence-corrected chi connectivity index (χ3v) is 5.15. The third kappa shape index (κ3) is 3.27. The number of rotatable bonds is 3. The van der Waals surface area contributed by atoms with Gasteiger partial charge in [-0.2, -0.15) is 0 Å². The lowest BCUT2D eigenvalue weighted by Gasteiger charge is -2.29. The van der Waals surface area contributed by atoms with Crippen LogP contribution in [0.15, 0.2) is 24.3 Å². The molecule has 22 heavy (non-hydrogen) atoms. The number of nitrogens with zero attached hydrogens (tertiary/aromatic N) is 1. The zero-order valence-electron chi connectivity index (χ0n) is 13.3. The summed E-state index contributed by atoms with van der Waals surface area (Å²) in [5, 5.41) is 0. The predicted molar refractivity (Wildman–Crippen MR) is 86.9 cm³/mol. The van der Waals surface area contributed by atoms with Crippen molar-refractivity contribution in [2.75, 3.05) is 20.2 Å². The molecule has 1 aliphatic carbocycles. The predicted octanol–water partition coefficient (Wildman–Crippen LogP) is 2.53. The molecule has 3 atom stereocenters.